The van der Waals surface area contributed by atoms with Crippen molar-refractivity contribution in [3.05, 3.63) is 74.7 Å². The Hall–Kier alpha value is -3.26. The van der Waals surface area contributed by atoms with Gasteiger partial charge in [-0.2, -0.15) is 5.10 Å². The van der Waals surface area contributed by atoms with Crippen LogP contribution in [0.1, 0.15) is 35.7 Å². The van der Waals surface area contributed by atoms with Crippen molar-refractivity contribution in [2.45, 2.75) is 38.3 Å². The molecule has 2 aromatic heterocycles. The molecule has 2 aliphatic rings. The monoisotopic (exact) mass is 439 g/mol. The molecule has 158 valence electrons. The number of hydrogen-bond acceptors (Lipinski definition) is 4. The number of aromatic amines is 1. The predicted octanol–water partition coefficient (Wildman–Crippen LogP) is 4.23. The standard InChI is InChI=1S/C22H19ClFN5O2/c1-11-10-25-5-4-14(11)15-8-17(24)18(9-16(15)23)26-22(31)29-13-2-3-19(29)21-12(6-13)7-20(30)27-28-21/h4-5,7-10,13,19H,2-3,6H2,1H3,(H,26,31)(H,27,30)/t13-,19+/m0/s1. The molecule has 1 saturated heterocycles. The Morgan fingerprint density at radius 3 is 2.94 bits per heavy atom. The SMILES string of the molecule is Cc1cnccc1-c1cc(F)c(NC(=O)N2[C@H]3CC[C@@H]2c2n[nH]c(=O)cc2C3)cc1Cl. The lowest BCUT2D eigenvalue weighted by molar-refractivity contribution is 0.177. The first-order valence-electron chi connectivity index (χ1n) is 10.00. The van der Waals surface area contributed by atoms with Crippen molar-refractivity contribution in [3.63, 3.8) is 0 Å². The topological polar surface area (TPSA) is 91.0 Å². The quantitative estimate of drug-likeness (QED) is 0.625. The molecule has 0 spiro atoms. The number of aryl methyl sites for hydroxylation is 1. The average Bonchev–Trinajstić information content (AvgIpc) is 3.06. The van der Waals surface area contributed by atoms with Gasteiger partial charge in [-0.3, -0.25) is 9.78 Å². The molecule has 3 aromatic rings. The number of amides is 2. The minimum atomic E-state index is -0.573. The van der Waals surface area contributed by atoms with Gasteiger partial charge in [0.2, 0.25) is 0 Å². The van der Waals surface area contributed by atoms with E-state index in [2.05, 4.69) is 20.5 Å². The molecule has 2 aliphatic heterocycles. The zero-order chi connectivity index (χ0) is 21.7. The van der Waals surface area contributed by atoms with E-state index in [1.165, 1.54) is 12.1 Å². The number of pyridine rings is 1. The highest BCUT2D eigenvalue weighted by Gasteiger charge is 2.44. The number of nitrogens with one attached hydrogen (secondary N) is 2. The Labute approximate surface area is 182 Å². The highest BCUT2D eigenvalue weighted by atomic mass is 35.5. The van der Waals surface area contributed by atoms with Crippen LogP contribution in [0.4, 0.5) is 14.9 Å². The van der Waals surface area contributed by atoms with Crippen LogP contribution >= 0.6 is 11.6 Å². The third-order valence-electron chi connectivity index (χ3n) is 6.04. The smallest absolute Gasteiger partial charge is 0.313 e. The van der Waals surface area contributed by atoms with E-state index in [-0.39, 0.29) is 23.3 Å². The number of aromatic nitrogens is 3. The second-order valence-corrected chi connectivity index (χ2v) is 8.34. The van der Waals surface area contributed by atoms with Crippen LogP contribution in [0.3, 0.4) is 0 Å². The van der Waals surface area contributed by atoms with Crippen LogP contribution in [0.5, 0.6) is 0 Å². The molecule has 2 N–H and O–H groups in total. The first-order valence-corrected chi connectivity index (χ1v) is 10.4. The van der Waals surface area contributed by atoms with Crippen LogP contribution in [-0.2, 0) is 6.42 Å². The molecule has 7 nitrogen and oxygen atoms in total. The van der Waals surface area contributed by atoms with Crippen molar-refractivity contribution in [3.8, 4) is 11.1 Å². The zero-order valence-corrected chi connectivity index (χ0v) is 17.4. The predicted molar refractivity (Wildman–Crippen MR) is 115 cm³/mol. The third-order valence-corrected chi connectivity index (χ3v) is 6.35. The highest BCUT2D eigenvalue weighted by molar-refractivity contribution is 6.33. The first-order chi connectivity index (χ1) is 14.9. The summed E-state index contributed by atoms with van der Waals surface area (Å²) in [5.41, 5.74) is 3.52. The Morgan fingerprint density at radius 2 is 2.13 bits per heavy atom. The molecule has 31 heavy (non-hydrogen) atoms. The minimum absolute atomic E-state index is 0.0186. The molecule has 0 aliphatic carbocycles. The van der Waals surface area contributed by atoms with Crippen molar-refractivity contribution < 1.29 is 9.18 Å². The molecule has 1 aromatic carbocycles. The maximum atomic E-state index is 14.9. The van der Waals surface area contributed by atoms with E-state index in [0.717, 1.165) is 29.5 Å². The van der Waals surface area contributed by atoms with Crippen LogP contribution < -0.4 is 10.9 Å². The fourth-order valence-corrected chi connectivity index (χ4v) is 4.89. The van der Waals surface area contributed by atoms with Gasteiger partial charge in [0.1, 0.15) is 5.82 Å². The Bertz CT molecular complexity index is 1260. The number of H-pyrrole nitrogens is 1. The molecule has 0 radical (unpaired) electrons. The fraction of sp³-hybridized carbons (Fsp3) is 0.273. The van der Waals surface area contributed by atoms with Gasteiger partial charge in [-0.05, 0) is 61.1 Å². The second-order valence-electron chi connectivity index (χ2n) is 7.93. The van der Waals surface area contributed by atoms with Crippen LogP contribution in [0.15, 0.2) is 41.5 Å². The Kier molecular flexibility index (Phi) is 4.74. The molecular formula is C22H19ClFN5O2. The van der Waals surface area contributed by atoms with Gasteiger partial charge in [0.05, 0.1) is 22.4 Å². The van der Waals surface area contributed by atoms with E-state index in [9.17, 15) is 14.0 Å². The number of carbonyl (C=O) groups is 1. The van der Waals surface area contributed by atoms with E-state index >= 15 is 0 Å². The number of hydrogen-bond donors (Lipinski definition) is 2. The minimum Gasteiger partial charge on any atom is -0.313 e. The molecule has 0 saturated carbocycles. The van der Waals surface area contributed by atoms with Crippen molar-refractivity contribution in [2.75, 3.05) is 5.32 Å². The molecule has 2 bridgehead atoms. The number of anilines is 1. The molecular weight excluding hydrogens is 421 g/mol. The summed E-state index contributed by atoms with van der Waals surface area (Å²) >= 11 is 6.43. The molecule has 4 heterocycles. The lowest BCUT2D eigenvalue weighted by Gasteiger charge is -2.35. The van der Waals surface area contributed by atoms with E-state index in [0.29, 0.717) is 22.7 Å². The summed E-state index contributed by atoms with van der Waals surface area (Å²) in [6, 6.07) is 5.36. The van der Waals surface area contributed by atoms with Crippen LogP contribution in [-0.4, -0.2) is 32.2 Å². The largest absolute Gasteiger partial charge is 0.322 e. The molecule has 2 atom stereocenters. The van der Waals surface area contributed by atoms with E-state index in [1.807, 2.05) is 6.92 Å². The summed E-state index contributed by atoms with van der Waals surface area (Å²) in [6.45, 7) is 1.87. The van der Waals surface area contributed by atoms with Gasteiger partial charge < -0.3 is 10.2 Å². The summed E-state index contributed by atoms with van der Waals surface area (Å²) < 4.78 is 14.9. The number of halogens is 2. The van der Waals surface area contributed by atoms with Gasteiger partial charge >= 0.3 is 6.03 Å². The lowest BCUT2D eigenvalue weighted by atomic mass is 9.99. The van der Waals surface area contributed by atoms with Crippen LogP contribution in [0.25, 0.3) is 11.1 Å². The highest BCUT2D eigenvalue weighted by Crippen LogP contribution is 2.42. The first kappa shape index (κ1) is 19.7. The van der Waals surface area contributed by atoms with Crippen LogP contribution in [0.2, 0.25) is 5.02 Å². The summed E-state index contributed by atoms with van der Waals surface area (Å²) in [4.78, 5) is 30.4. The van der Waals surface area contributed by atoms with Gasteiger partial charge in [-0.15, -0.1) is 0 Å². The van der Waals surface area contributed by atoms with Crippen molar-refractivity contribution in [2.24, 2.45) is 0 Å². The van der Waals surface area contributed by atoms with E-state index < -0.39 is 11.8 Å². The number of carbonyl (C=O) groups excluding carboxylic acids is 1. The molecule has 0 unspecified atom stereocenters. The molecule has 9 heteroatoms. The van der Waals surface area contributed by atoms with Gasteiger partial charge in [0, 0.05) is 30.1 Å². The second kappa shape index (κ2) is 7.46. The van der Waals surface area contributed by atoms with Crippen LogP contribution in [0, 0.1) is 12.7 Å². The number of urea groups is 1. The van der Waals surface area contributed by atoms with Gasteiger partial charge in [-0.1, -0.05) is 11.6 Å². The van der Waals surface area contributed by atoms with Gasteiger partial charge in [0.15, 0.2) is 0 Å². The van der Waals surface area contributed by atoms with Gasteiger partial charge in [-0.25, -0.2) is 14.3 Å². The summed E-state index contributed by atoms with van der Waals surface area (Å²) in [7, 11) is 0. The molecule has 2 amide bonds. The Morgan fingerprint density at radius 1 is 1.29 bits per heavy atom. The van der Waals surface area contributed by atoms with Crippen molar-refractivity contribution >= 4 is 23.3 Å². The number of nitrogens with zero attached hydrogens (tertiary/aromatic N) is 3. The number of rotatable bonds is 2. The van der Waals surface area contributed by atoms with E-state index in [1.54, 1.807) is 29.4 Å². The maximum Gasteiger partial charge on any atom is 0.322 e. The van der Waals surface area contributed by atoms with E-state index in [4.69, 9.17) is 11.6 Å². The average molecular weight is 440 g/mol. The summed E-state index contributed by atoms with van der Waals surface area (Å²) in [5.74, 6) is -0.573. The molecule has 1 fully saturated rings. The fourth-order valence-electron chi connectivity index (χ4n) is 4.62. The molecule has 5 rings (SSSR count). The summed E-state index contributed by atoms with van der Waals surface area (Å²) in [6.07, 6.45) is 5.40. The van der Waals surface area contributed by atoms with Crippen molar-refractivity contribution in [1.29, 1.82) is 0 Å². The maximum absolute atomic E-state index is 14.9. The lowest BCUT2D eigenvalue weighted by Crippen LogP contribution is -2.45. The Balaban J connectivity index is 1.43. The number of benzene rings is 1. The van der Waals surface area contributed by atoms with Crippen molar-refractivity contribution in [1.82, 2.24) is 20.1 Å². The third kappa shape index (κ3) is 3.37. The van der Waals surface area contributed by atoms with Gasteiger partial charge in [0.25, 0.3) is 5.56 Å². The normalized spacial score (nSPS) is 19.3. The summed E-state index contributed by atoms with van der Waals surface area (Å²) in [5, 5.41) is 9.61. The number of fused-ring (bicyclic) bond motifs is 4. The zero-order valence-electron chi connectivity index (χ0n) is 16.7.